The van der Waals surface area contributed by atoms with Crippen LogP contribution >= 0.6 is 0 Å². The van der Waals surface area contributed by atoms with Crippen molar-refractivity contribution in [3.8, 4) is 0 Å². The van der Waals surface area contributed by atoms with Crippen LogP contribution in [0.3, 0.4) is 0 Å². The molecule has 0 nitrogen and oxygen atoms in total. The predicted molar refractivity (Wildman–Crippen MR) is 23.0 cm³/mol. The molecule has 0 aromatic carbocycles. The Hall–Kier alpha value is 3.94. The van der Waals surface area contributed by atoms with Crippen molar-refractivity contribution in [2.45, 2.75) is 0 Å². The van der Waals surface area contributed by atoms with E-state index in [1.807, 2.05) is 0 Å². The van der Waals surface area contributed by atoms with Gasteiger partial charge in [0.1, 0.15) is 0 Å². The second-order valence-corrected chi connectivity index (χ2v) is 0. The number of hydrogen-bond donors (Lipinski definition) is 0. The van der Waals surface area contributed by atoms with E-state index in [0.717, 1.165) is 0 Å². The fourth-order valence-electron chi connectivity index (χ4n) is 0. The summed E-state index contributed by atoms with van der Waals surface area (Å²) >= 11 is 0. The van der Waals surface area contributed by atoms with Gasteiger partial charge < -0.3 is 0 Å². The van der Waals surface area contributed by atoms with E-state index < -0.39 is 0 Å². The minimum absolute atomic E-state index is 0. The Bertz CT molecular complexity index is 3.25. The minimum Gasteiger partial charge on any atom is 0 e. The zero-order valence-corrected chi connectivity index (χ0v) is 13.2. The molecule has 0 spiro atoms. The molecule has 0 N–H and O–H groups in total. The summed E-state index contributed by atoms with van der Waals surface area (Å²) in [6.45, 7) is 0. The summed E-state index contributed by atoms with van der Waals surface area (Å²) in [6, 6.07) is 0. The molecule has 11 radical (unpaired) electrons. The summed E-state index contributed by atoms with van der Waals surface area (Å²) in [5, 5.41) is 0. The fraction of sp³-hybridized carbons (Fsp3) is 0. The first-order valence-corrected chi connectivity index (χ1v) is 0. The molecule has 0 saturated carbocycles. The summed E-state index contributed by atoms with van der Waals surface area (Å²) in [6.07, 6.45) is 0. The molecule has 0 aliphatic rings. The normalized spacial score (nSPS) is 0. The molecule has 0 amide bonds. The first-order chi connectivity index (χ1) is 0. The fourth-order valence-corrected chi connectivity index (χ4v) is 0. The Kier molecular flexibility index (Phi) is 97.2. The van der Waals surface area contributed by atoms with E-state index in [-0.39, 0.29) is 119 Å². The SMILES string of the molecule is [Sb].[Sb].[Sb].[Sr]. The van der Waals surface area contributed by atoms with Crippen LogP contribution in [-0.2, 0) is 0 Å². The summed E-state index contributed by atoms with van der Waals surface area (Å²) < 4.78 is 0. The quantitative estimate of drug-likeness (QED) is 0.392. The van der Waals surface area contributed by atoms with Crippen molar-refractivity contribution in [2.24, 2.45) is 0 Å². The van der Waals surface area contributed by atoms with E-state index in [4.69, 9.17) is 0 Å². The predicted octanol–water partition coefficient (Wildman–Crippen LogP) is -1.52. The molecule has 17 valence electrons. The van der Waals surface area contributed by atoms with Gasteiger partial charge in [-0.3, -0.25) is 0 Å². The van der Waals surface area contributed by atoms with Crippen molar-refractivity contribution in [1.29, 1.82) is 0 Å². The first-order valence-electron chi connectivity index (χ1n) is 0. The molecule has 0 saturated heterocycles. The summed E-state index contributed by atoms with van der Waals surface area (Å²) in [4.78, 5) is 0. The molecule has 0 aliphatic carbocycles. The van der Waals surface area contributed by atoms with Crippen LogP contribution in [0.15, 0.2) is 0 Å². The molecule has 0 unspecified atom stereocenters. The zero-order valence-electron chi connectivity index (χ0n) is 2.05. The van der Waals surface area contributed by atoms with E-state index >= 15 is 0 Å². The molecule has 0 aromatic heterocycles. The van der Waals surface area contributed by atoms with Gasteiger partial charge in [0.25, 0.3) is 0 Å². The Labute approximate surface area is 115 Å². The molecule has 0 rings (SSSR count). The van der Waals surface area contributed by atoms with Crippen molar-refractivity contribution in [2.75, 3.05) is 0 Å². The molecule has 0 aromatic rings. The van der Waals surface area contributed by atoms with Crippen LogP contribution in [0.25, 0.3) is 0 Å². The Morgan fingerprint density at radius 2 is 0.500 bits per heavy atom. The molecular weight excluding hydrogens is 453 g/mol. The maximum absolute atomic E-state index is 0. The second kappa shape index (κ2) is 15.8. The average Bonchev–Trinajstić information content (AvgIpc) is 0. The van der Waals surface area contributed by atoms with E-state index in [9.17, 15) is 0 Å². The van der Waals surface area contributed by atoms with Crippen LogP contribution < -0.4 is 0 Å². The van der Waals surface area contributed by atoms with Gasteiger partial charge in [0.2, 0.25) is 0 Å². The largest absolute Gasteiger partial charge is 0 e. The molecule has 4 heavy (non-hydrogen) atoms. The molecule has 0 aliphatic heterocycles. The molecule has 0 bridgehead atoms. The zero-order chi connectivity index (χ0) is 0. The van der Waals surface area contributed by atoms with Crippen LogP contribution in [-0.4, -0.2) is 119 Å². The summed E-state index contributed by atoms with van der Waals surface area (Å²) in [7, 11) is 0. The van der Waals surface area contributed by atoms with Crippen molar-refractivity contribution in [3.63, 3.8) is 0 Å². The topological polar surface area (TPSA) is 0 Å². The monoisotopic (exact) mass is 451 g/mol. The van der Waals surface area contributed by atoms with Crippen molar-refractivity contribution in [3.05, 3.63) is 0 Å². The molecule has 0 atom stereocenters. The van der Waals surface area contributed by atoms with Crippen molar-refractivity contribution in [1.82, 2.24) is 0 Å². The minimum atomic E-state index is 0. The maximum atomic E-state index is 0. The van der Waals surface area contributed by atoms with Crippen LogP contribution in [0.1, 0.15) is 0 Å². The van der Waals surface area contributed by atoms with Gasteiger partial charge in [-0.05, 0) is 0 Å². The third-order valence-electron chi connectivity index (χ3n) is 0. The summed E-state index contributed by atoms with van der Waals surface area (Å²) in [5.74, 6) is 0. The number of rotatable bonds is 0. The third kappa shape index (κ3) is 9.33. The van der Waals surface area contributed by atoms with Gasteiger partial charge in [0.05, 0.1) is 0 Å². The van der Waals surface area contributed by atoms with E-state index in [0.29, 0.717) is 0 Å². The summed E-state index contributed by atoms with van der Waals surface area (Å²) in [5.41, 5.74) is 0. The van der Waals surface area contributed by atoms with E-state index in [1.165, 1.54) is 0 Å². The standard InChI is InChI=1S/3Sb.Sr. The van der Waals surface area contributed by atoms with Crippen LogP contribution in [0.4, 0.5) is 0 Å². The molecule has 0 fully saturated rings. The number of hydrogen-bond acceptors (Lipinski definition) is 0. The van der Waals surface area contributed by atoms with Gasteiger partial charge in [-0.1, -0.05) is 0 Å². The van der Waals surface area contributed by atoms with Gasteiger partial charge >= 0.3 is 0 Å². The van der Waals surface area contributed by atoms with Gasteiger partial charge in [0, 0.05) is 119 Å². The first kappa shape index (κ1) is 24.6. The van der Waals surface area contributed by atoms with Crippen molar-refractivity contribution >= 4 is 119 Å². The van der Waals surface area contributed by atoms with Crippen LogP contribution in [0.5, 0.6) is 0 Å². The van der Waals surface area contributed by atoms with Crippen LogP contribution in [0, 0.1) is 0 Å². The molecular formula is Sb3Sr. The third-order valence-corrected chi connectivity index (χ3v) is 0. The van der Waals surface area contributed by atoms with Crippen LogP contribution in [0.2, 0.25) is 0 Å². The molecule has 0 heterocycles. The Morgan fingerprint density at radius 1 is 0.500 bits per heavy atom. The van der Waals surface area contributed by atoms with Gasteiger partial charge in [-0.2, -0.15) is 0 Å². The maximum Gasteiger partial charge on any atom is 0 e. The molecule has 4 heteroatoms. The average molecular weight is 453 g/mol. The van der Waals surface area contributed by atoms with Gasteiger partial charge in [-0.25, -0.2) is 0 Å². The van der Waals surface area contributed by atoms with E-state index in [2.05, 4.69) is 0 Å². The Balaban J connectivity index is 0. The van der Waals surface area contributed by atoms with Gasteiger partial charge in [-0.15, -0.1) is 0 Å². The van der Waals surface area contributed by atoms with Crippen molar-refractivity contribution < 1.29 is 0 Å². The second-order valence-electron chi connectivity index (χ2n) is 0. The Morgan fingerprint density at radius 3 is 0.500 bits per heavy atom. The smallest absolute Gasteiger partial charge is 0 e. The van der Waals surface area contributed by atoms with Gasteiger partial charge in [0.15, 0.2) is 0 Å². The van der Waals surface area contributed by atoms with E-state index in [1.54, 1.807) is 0 Å².